The summed E-state index contributed by atoms with van der Waals surface area (Å²) in [5.74, 6) is 0. The van der Waals surface area contributed by atoms with Crippen LogP contribution in [0.25, 0.3) is 0 Å². The summed E-state index contributed by atoms with van der Waals surface area (Å²) in [6.07, 6.45) is 2.82. The van der Waals surface area contributed by atoms with Crippen LogP contribution in [-0.2, 0) is 17.7 Å². The van der Waals surface area contributed by atoms with E-state index in [-0.39, 0.29) is 5.60 Å². The SMILES string of the molecule is CC1(C)CN(CC2Cc3nc[nH]c3CN2)CCO1. The van der Waals surface area contributed by atoms with Crippen LogP contribution in [0.5, 0.6) is 0 Å². The van der Waals surface area contributed by atoms with Crippen LogP contribution in [0.15, 0.2) is 6.33 Å². The predicted octanol–water partition coefficient (Wildman–Crippen LogP) is 0.535. The summed E-state index contributed by atoms with van der Waals surface area (Å²) in [5.41, 5.74) is 2.46. The molecular weight excluding hydrogens is 228 g/mol. The Morgan fingerprint density at radius 3 is 3.28 bits per heavy atom. The lowest BCUT2D eigenvalue weighted by molar-refractivity contribution is -0.0877. The second-order valence-corrected chi connectivity index (χ2v) is 5.95. The first-order valence-corrected chi connectivity index (χ1v) is 6.73. The third kappa shape index (κ3) is 2.58. The zero-order chi connectivity index (χ0) is 12.6. The lowest BCUT2D eigenvalue weighted by atomic mass is 10.0. The normalized spacial score (nSPS) is 28.0. The number of hydrogen-bond donors (Lipinski definition) is 2. The van der Waals surface area contributed by atoms with Crippen molar-refractivity contribution in [2.75, 3.05) is 26.2 Å². The molecule has 1 aromatic rings. The molecule has 3 heterocycles. The van der Waals surface area contributed by atoms with E-state index < -0.39 is 0 Å². The van der Waals surface area contributed by atoms with Gasteiger partial charge in [-0.05, 0) is 13.8 Å². The van der Waals surface area contributed by atoms with Crippen LogP contribution >= 0.6 is 0 Å². The van der Waals surface area contributed by atoms with Crippen molar-refractivity contribution in [1.82, 2.24) is 20.2 Å². The van der Waals surface area contributed by atoms with Gasteiger partial charge in [0.15, 0.2) is 0 Å². The van der Waals surface area contributed by atoms with Crippen LogP contribution in [0.4, 0.5) is 0 Å². The van der Waals surface area contributed by atoms with Crippen LogP contribution in [0.3, 0.4) is 0 Å². The molecule has 1 fully saturated rings. The minimum absolute atomic E-state index is 0.00951. The third-order valence-corrected chi connectivity index (χ3v) is 3.80. The number of hydrogen-bond acceptors (Lipinski definition) is 4. The summed E-state index contributed by atoms with van der Waals surface area (Å²) in [5, 5.41) is 3.58. The standard InChI is InChI=1S/C13H22N4O/c1-13(2)8-17(3-4-18-13)7-10-5-11-12(6-14-10)16-9-15-11/h9-10,14H,3-8H2,1-2H3,(H,15,16). The second kappa shape index (κ2) is 4.64. The van der Waals surface area contributed by atoms with Gasteiger partial charge in [0.2, 0.25) is 0 Å². The van der Waals surface area contributed by atoms with Crippen molar-refractivity contribution in [2.24, 2.45) is 0 Å². The molecule has 100 valence electrons. The third-order valence-electron chi connectivity index (χ3n) is 3.80. The number of imidazole rings is 1. The predicted molar refractivity (Wildman–Crippen MR) is 69.4 cm³/mol. The Balaban J connectivity index is 1.58. The molecule has 0 bridgehead atoms. The van der Waals surface area contributed by atoms with E-state index in [0.717, 1.165) is 39.2 Å². The van der Waals surface area contributed by atoms with Gasteiger partial charge in [0.1, 0.15) is 0 Å². The van der Waals surface area contributed by atoms with Crippen molar-refractivity contribution in [3.8, 4) is 0 Å². The fourth-order valence-corrected chi connectivity index (χ4v) is 2.94. The summed E-state index contributed by atoms with van der Waals surface area (Å²) in [6.45, 7) is 9.21. The van der Waals surface area contributed by atoms with Crippen LogP contribution in [0.2, 0.25) is 0 Å². The molecule has 1 atom stereocenters. The van der Waals surface area contributed by atoms with Gasteiger partial charge >= 0.3 is 0 Å². The lowest BCUT2D eigenvalue weighted by Crippen LogP contribution is -2.53. The molecule has 0 spiro atoms. The zero-order valence-electron chi connectivity index (χ0n) is 11.2. The zero-order valence-corrected chi connectivity index (χ0v) is 11.2. The van der Waals surface area contributed by atoms with Crippen molar-refractivity contribution in [3.05, 3.63) is 17.7 Å². The first-order chi connectivity index (χ1) is 8.62. The Morgan fingerprint density at radius 2 is 2.44 bits per heavy atom. The summed E-state index contributed by atoms with van der Waals surface area (Å²) >= 11 is 0. The minimum Gasteiger partial charge on any atom is -0.373 e. The molecule has 2 N–H and O–H groups in total. The smallest absolute Gasteiger partial charge is 0.0925 e. The number of nitrogens with one attached hydrogen (secondary N) is 2. The van der Waals surface area contributed by atoms with Crippen molar-refractivity contribution in [3.63, 3.8) is 0 Å². The van der Waals surface area contributed by atoms with E-state index in [4.69, 9.17) is 4.74 Å². The quantitative estimate of drug-likeness (QED) is 0.804. The van der Waals surface area contributed by atoms with Gasteiger partial charge in [-0.2, -0.15) is 0 Å². The fraction of sp³-hybridized carbons (Fsp3) is 0.769. The number of rotatable bonds is 2. The Morgan fingerprint density at radius 1 is 1.56 bits per heavy atom. The number of H-pyrrole nitrogens is 1. The highest BCUT2D eigenvalue weighted by Gasteiger charge is 2.29. The number of morpholine rings is 1. The van der Waals surface area contributed by atoms with Crippen molar-refractivity contribution in [2.45, 2.75) is 38.5 Å². The van der Waals surface area contributed by atoms with Gasteiger partial charge < -0.3 is 15.0 Å². The summed E-state index contributed by atoms with van der Waals surface area (Å²) in [6, 6.07) is 0.509. The highest BCUT2D eigenvalue weighted by atomic mass is 16.5. The highest BCUT2D eigenvalue weighted by Crippen LogP contribution is 2.18. The van der Waals surface area contributed by atoms with Crippen LogP contribution < -0.4 is 5.32 Å². The van der Waals surface area contributed by atoms with E-state index in [1.807, 2.05) is 0 Å². The van der Waals surface area contributed by atoms with Gasteiger partial charge in [-0.25, -0.2) is 4.98 Å². The average Bonchev–Trinajstić information content (AvgIpc) is 2.74. The van der Waals surface area contributed by atoms with Gasteiger partial charge in [-0.15, -0.1) is 0 Å². The molecule has 5 nitrogen and oxygen atoms in total. The Labute approximate surface area is 108 Å². The van der Waals surface area contributed by atoms with Crippen molar-refractivity contribution >= 4 is 0 Å². The minimum atomic E-state index is -0.00951. The van der Waals surface area contributed by atoms with Gasteiger partial charge in [0.25, 0.3) is 0 Å². The summed E-state index contributed by atoms with van der Waals surface area (Å²) in [7, 11) is 0. The maximum atomic E-state index is 5.75. The number of aromatic nitrogens is 2. The molecule has 1 unspecified atom stereocenters. The van der Waals surface area contributed by atoms with Crippen LogP contribution in [0.1, 0.15) is 25.2 Å². The molecule has 0 aliphatic carbocycles. The average molecular weight is 250 g/mol. The Hall–Kier alpha value is -0.910. The van der Waals surface area contributed by atoms with Crippen LogP contribution in [-0.4, -0.2) is 52.8 Å². The first kappa shape index (κ1) is 12.1. The molecule has 2 aliphatic rings. The number of ether oxygens (including phenoxy) is 1. The van der Waals surface area contributed by atoms with E-state index >= 15 is 0 Å². The van der Waals surface area contributed by atoms with E-state index in [9.17, 15) is 0 Å². The number of fused-ring (bicyclic) bond motifs is 1. The van der Waals surface area contributed by atoms with Gasteiger partial charge in [-0.1, -0.05) is 0 Å². The van der Waals surface area contributed by atoms with E-state index in [0.29, 0.717) is 6.04 Å². The van der Waals surface area contributed by atoms with E-state index in [1.54, 1.807) is 6.33 Å². The molecule has 1 aromatic heterocycles. The monoisotopic (exact) mass is 250 g/mol. The molecule has 5 heteroatoms. The van der Waals surface area contributed by atoms with E-state index in [2.05, 4.69) is 34.0 Å². The molecule has 0 amide bonds. The molecule has 0 radical (unpaired) electrons. The van der Waals surface area contributed by atoms with Gasteiger partial charge in [0, 0.05) is 38.6 Å². The van der Waals surface area contributed by atoms with Crippen LogP contribution in [0, 0.1) is 0 Å². The first-order valence-electron chi connectivity index (χ1n) is 6.73. The molecule has 3 rings (SSSR count). The van der Waals surface area contributed by atoms with Gasteiger partial charge in [-0.3, -0.25) is 4.90 Å². The second-order valence-electron chi connectivity index (χ2n) is 5.95. The summed E-state index contributed by atoms with van der Waals surface area (Å²) in [4.78, 5) is 10.1. The molecule has 0 saturated carbocycles. The number of nitrogens with zero attached hydrogens (tertiary/aromatic N) is 2. The van der Waals surface area contributed by atoms with Crippen molar-refractivity contribution < 1.29 is 4.74 Å². The van der Waals surface area contributed by atoms with Crippen molar-refractivity contribution in [1.29, 1.82) is 0 Å². The molecule has 18 heavy (non-hydrogen) atoms. The maximum absolute atomic E-state index is 5.75. The Kier molecular flexibility index (Phi) is 3.13. The molecular formula is C13H22N4O. The molecule has 1 saturated heterocycles. The highest BCUT2D eigenvalue weighted by molar-refractivity contribution is 5.16. The maximum Gasteiger partial charge on any atom is 0.0925 e. The molecule has 2 aliphatic heterocycles. The largest absolute Gasteiger partial charge is 0.373 e. The lowest BCUT2D eigenvalue weighted by Gasteiger charge is -2.40. The number of aromatic amines is 1. The topological polar surface area (TPSA) is 53.2 Å². The summed E-state index contributed by atoms with van der Waals surface area (Å²) < 4.78 is 5.75. The molecule has 0 aromatic carbocycles. The fourth-order valence-electron chi connectivity index (χ4n) is 2.94. The van der Waals surface area contributed by atoms with Gasteiger partial charge in [0.05, 0.1) is 29.9 Å². The van der Waals surface area contributed by atoms with E-state index in [1.165, 1.54) is 11.4 Å². The Bertz CT molecular complexity index is 415.